The van der Waals surface area contributed by atoms with Crippen molar-refractivity contribution in [2.45, 2.75) is 26.2 Å². The van der Waals surface area contributed by atoms with E-state index in [0.717, 1.165) is 18.8 Å². The van der Waals surface area contributed by atoms with Crippen molar-refractivity contribution in [3.63, 3.8) is 0 Å². The number of H-pyrrole nitrogens is 1. The van der Waals surface area contributed by atoms with E-state index in [1.165, 1.54) is 12.1 Å². The lowest BCUT2D eigenvalue weighted by atomic mass is 9.89. The zero-order valence-electron chi connectivity index (χ0n) is 22.8. The van der Waals surface area contributed by atoms with E-state index in [0.29, 0.717) is 41.0 Å². The molecular weight excluding hydrogens is 527 g/mol. The third-order valence-electron chi connectivity index (χ3n) is 7.30. The van der Waals surface area contributed by atoms with Crippen molar-refractivity contribution in [1.82, 2.24) is 35.1 Å². The molecule has 0 unspecified atom stereocenters. The van der Waals surface area contributed by atoms with Gasteiger partial charge in [-0.05, 0) is 56.3 Å². The number of aromatic amines is 1. The second-order valence-electron chi connectivity index (χ2n) is 10.5. The normalized spacial score (nSPS) is 22.9. The first-order valence-corrected chi connectivity index (χ1v) is 13.5. The zero-order valence-corrected chi connectivity index (χ0v) is 22.8. The quantitative estimate of drug-likeness (QED) is 0.324. The lowest BCUT2D eigenvalue weighted by molar-refractivity contribution is -0.235. The molecule has 11 nitrogen and oxygen atoms in total. The lowest BCUT2D eigenvalue weighted by Gasteiger charge is -2.42. The van der Waals surface area contributed by atoms with Gasteiger partial charge < -0.3 is 30.0 Å². The summed E-state index contributed by atoms with van der Waals surface area (Å²) < 4.78 is 25.9. The molecule has 2 aliphatic heterocycles. The van der Waals surface area contributed by atoms with E-state index < -0.39 is 11.7 Å². The molecular formula is C29H31FN8O3. The highest BCUT2D eigenvalue weighted by molar-refractivity contribution is 5.83. The Morgan fingerprint density at radius 2 is 1.83 bits per heavy atom. The molecule has 0 spiro atoms. The molecule has 1 atom stereocenters. The van der Waals surface area contributed by atoms with Gasteiger partial charge >= 0.3 is 0 Å². The molecule has 0 radical (unpaired) electrons. The Morgan fingerprint density at radius 3 is 2.56 bits per heavy atom. The Hall–Kier alpha value is -4.26. The fourth-order valence-electron chi connectivity index (χ4n) is 5.01. The number of pyridine rings is 1. The number of amides is 1. The van der Waals surface area contributed by atoms with Gasteiger partial charge in [0.05, 0.1) is 35.7 Å². The number of ether oxygens (including phenoxy) is 2. The van der Waals surface area contributed by atoms with Crippen LogP contribution >= 0.6 is 0 Å². The van der Waals surface area contributed by atoms with Gasteiger partial charge in [-0.25, -0.2) is 19.3 Å². The molecule has 0 saturated carbocycles. The van der Waals surface area contributed by atoms with E-state index in [1.54, 1.807) is 36.8 Å². The largest absolute Gasteiger partial charge is 0.345 e. The first-order chi connectivity index (χ1) is 19.9. The van der Waals surface area contributed by atoms with Gasteiger partial charge in [-0.1, -0.05) is 0 Å². The van der Waals surface area contributed by atoms with Gasteiger partial charge in [0.15, 0.2) is 5.82 Å². The summed E-state index contributed by atoms with van der Waals surface area (Å²) in [5.74, 6) is 0.481. The number of carbonyl (C=O) groups is 1. The van der Waals surface area contributed by atoms with Crippen molar-refractivity contribution in [3.8, 4) is 22.6 Å². The van der Waals surface area contributed by atoms with Crippen LogP contribution in [-0.4, -0.2) is 74.6 Å². The predicted molar refractivity (Wildman–Crippen MR) is 149 cm³/mol. The molecule has 0 bridgehead atoms. The third-order valence-corrected chi connectivity index (χ3v) is 7.30. The number of rotatable bonds is 6. The first-order valence-electron chi connectivity index (χ1n) is 13.5. The van der Waals surface area contributed by atoms with Gasteiger partial charge in [-0.15, -0.1) is 0 Å². The number of aromatic nitrogens is 5. The van der Waals surface area contributed by atoms with Gasteiger partial charge in [-0.3, -0.25) is 9.78 Å². The van der Waals surface area contributed by atoms with Crippen LogP contribution in [0.15, 0.2) is 61.1 Å². The molecule has 4 aromatic rings. The summed E-state index contributed by atoms with van der Waals surface area (Å²) >= 11 is 0. The Balaban J connectivity index is 1.27. The minimum atomic E-state index is -0.819. The number of carbonyl (C=O) groups excluding carboxylic acids is 1. The smallest absolute Gasteiger partial charge is 0.233 e. The average Bonchev–Trinajstić information content (AvgIpc) is 3.44. The van der Waals surface area contributed by atoms with Crippen LogP contribution in [-0.2, 0) is 14.3 Å². The number of anilines is 2. The molecule has 5 heterocycles. The average molecular weight is 559 g/mol. The molecule has 212 valence electrons. The number of piperazine rings is 1. The van der Waals surface area contributed by atoms with Gasteiger partial charge in [-0.2, -0.15) is 0 Å². The van der Waals surface area contributed by atoms with E-state index in [4.69, 9.17) is 14.5 Å². The highest BCUT2D eigenvalue weighted by atomic mass is 19.1. The lowest BCUT2D eigenvalue weighted by Crippen LogP contribution is -2.58. The highest BCUT2D eigenvalue weighted by Crippen LogP contribution is 2.36. The molecule has 2 saturated heterocycles. The number of hydrogen-bond acceptors (Lipinski definition) is 9. The second-order valence-corrected chi connectivity index (χ2v) is 10.5. The molecule has 1 amide bonds. The minimum absolute atomic E-state index is 0.0206. The van der Waals surface area contributed by atoms with Gasteiger partial charge in [0, 0.05) is 55.5 Å². The summed E-state index contributed by atoms with van der Waals surface area (Å²) in [6.07, 6.45) is 4.17. The van der Waals surface area contributed by atoms with Crippen molar-refractivity contribution in [1.29, 1.82) is 0 Å². The van der Waals surface area contributed by atoms with E-state index in [9.17, 15) is 9.18 Å². The molecule has 12 heteroatoms. The van der Waals surface area contributed by atoms with Crippen molar-refractivity contribution in [2.75, 3.05) is 38.2 Å². The fourth-order valence-corrected chi connectivity index (χ4v) is 5.01. The molecule has 2 aliphatic rings. The summed E-state index contributed by atoms with van der Waals surface area (Å²) in [5, 5.41) is 6.48. The molecule has 2 fully saturated rings. The summed E-state index contributed by atoms with van der Waals surface area (Å²) in [7, 11) is 0. The minimum Gasteiger partial charge on any atom is -0.345 e. The molecule has 6 rings (SSSR count). The van der Waals surface area contributed by atoms with Crippen LogP contribution in [0.2, 0.25) is 0 Å². The summed E-state index contributed by atoms with van der Waals surface area (Å²) in [5.41, 5.74) is 2.39. The van der Waals surface area contributed by atoms with E-state index in [1.807, 2.05) is 30.9 Å². The Labute approximate surface area is 236 Å². The predicted octanol–water partition coefficient (Wildman–Crippen LogP) is 3.68. The van der Waals surface area contributed by atoms with Crippen LogP contribution in [0.25, 0.3) is 22.6 Å². The number of halogens is 1. The number of benzene rings is 1. The number of hydrogen-bond donors (Lipinski definition) is 3. The zero-order chi connectivity index (χ0) is 28.4. The van der Waals surface area contributed by atoms with E-state index >= 15 is 0 Å². The fraction of sp³-hybridized carbons (Fsp3) is 0.345. The molecule has 3 N–H and O–H groups in total. The molecule has 41 heavy (non-hydrogen) atoms. The van der Waals surface area contributed by atoms with Gasteiger partial charge in [0.25, 0.3) is 0 Å². The monoisotopic (exact) mass is 558 g/mol. The standard InChI is InChI=1S/C29H31FN8O3/c1-18-15-32-13-14-38(18)27(39)29(2)16-40-26(41-17-29)25-36-23(19-3-5-20(30)6-4-19)24(37-25)22-9-12-33-28(35-22)34-21-7-10-31-11-8-21/h3-12,18,26,32H,13-17H2,1-2H3,(H,36,37)(H,31,33,34,35)/t18-,26?,29?/m1/s1. The van der Waals surface area contributed by atoms with E-state index in [-0.39, 0.29) is 31.0 Å². The van der Waals surface area contributed by atoms with E-state index in [2.05, 4.69) is 30.6 Å². The van der Waals surface area contributed by atoms with Crippen LogP contribution in [0.1, 0.15) is 26.0 Å². The van der Waals surface area contributed by atoms with Crippen LogP contribution in [0.3, 0.4) is 0 Å². The second kappa shape index (κ2) is 11.3. The molecule has 3 aromatic heterocycles. The third kappa shape index (κ3) is 5.67. The van der Waals surface area contributed by atoms with Crippen LogP contribution in [0.4, 0.5) is 16.0 Å². The van der Waals surface area contributed by atoms with Crippen LogP contribution in [0, 0.1) is 11.2 Å². The number of nitrogens with zero attached hydrogens (tertiary/aromatic N) is 5. The van der Waals surface area contributed by atoms with Crippen molar-refractivity contribution in [3.05, 3.63) is 72.7 Å². The maximum absolute atomic E-state index is 13.7. The van der Waals surface area contributed by atoms with Gasteiger partial charge in [0.2, 0.25) is 18.1 Å². The maximum Gasteiger partial charge on any atom is 0.233 e. The van der Waals surface area contributed by atoms with Crippen molar-refractivity contribution in [2.24, 2.45) is 5.41 Å². The number of nitrogens with one attached hydrogen (secondary N) is 3. The summed E-state index contributed by atoms with van der Waals surface area (Å²) in [6, 6.07) is 11.6. The summed E-state index contributed by atoms with van der Waals surface area (Å²) in [4.78, 5) is 36.5. The van der Waals surface area contributed by atoms with Crippen molar-refractivity contribution >= 4 is 17.5 Å². The van der Waals surface area contributed by atoms with Gasteiger partial charge in [0.1, 0.15) is 5.82 Å². The SMILES string of the molecule is C[C@@H]1CNCCN1C(=O)C1(C)COC(c2nc(-c3ccc(F)cc3)c(-c3ccnc(Nc4ccncc4)n3)[nH]2)OC1. The van der Waals surface area contributed by atoms with Crippen molar-refractivity contribution < 1.29 is 18.7 Å². The Bertz CT molecular complexity index is 1510. The van der Waals surface area contributed by atoms with Crippen LogP contribution in [0.5, 0.6) is 0 Å². The molecule has 0 aliphatic carbocycles. The Kier molecular flexibility index (Phi) is 7.43. The first kappa shape index (κ1) is 26.9. The van der Waals surface area contributed by atoms with Crippen LogP contribution < -0.4 is 10.6 Å². The highest BCUT2D eigenvalue weighted by Gasteiger charge is 2.44. The maximum atomic E-state index is 13.7. The Morgan fingerprint density at radius 1 is 1.07 bits per heavy atom. The summed E-state index contributed by atoms with van der Waals surface area (Å²) in [6.45, 7) is 6.45. The number of imidazole rings is 1. The topological polar surface area (TPSA) is 130 Å². The molecule has 1 aromatic carbocycles.